The monoisotopic (exact) mass is 203 g/mol. The zero-order valence-corrected chi connectivity index (χ0v) is 8.86. The molecule has 2 rings (SSSR count). The third-order valence-electron chi connectivity index (χ3n) is 2.58. The van der Waals surface area contributed by atoms with E-state index in [9.17, 15) is 4.79 Å². The maximum absolute atomic E-state index is 10.6. The number of hydrogen-bond acceptors (Lipinski definition) is 2. The summed E-state index contributed by atoms with van der Waals surface area (Å²) in [6.45, 7) is 2.39. The molecule has 0 aliphatic carbocycles. The van der Waals surface area contributed by atoms with Gasteiger partial charge in [0.15, 0.2) is 0 Å². The van der Waals surface area contributed by atoms with E-state index in [0.717, 1.165) is 28.6 Å². The van der Waals surface area contributed by atoms with Gasteiger partial charge in [-0.05, 0) is 25.1 Å². The van der Waals surface area contributed by atoms with Crippen LogP contribution in [0.2, 0.25) is 0 Å². The first-order valence-corrected chi connectivity index (χ1v) is 4.84. The van der Waals surface area contributed by atoms with Crippen LogP contribution in [0.4, 0.5) is 0 Å². The summed E-state index contributed by atoms with van der Waals surface area (Å²) in [5.41, 5.74) is 2.13. The normalized spacial score (nSPS) is 10.5. The predicted molar refractivity (Wildman–Crippen MR) is 59.3 cm³/mol. The number of hydrogen-bond donors (Lipinski definition) is 0. The van der Waals surface area contributed by atoms with E-state index in [1.54, 1.807) is 7.11 Å². The van der Waals surface area contributed by atoms with Crippen LogP contribution in [-0.4, -0.2) is 18.0 Å². The fraction of sp³-hybridized carbons (Fsp3) is 0.250. The number of aromatic nitrogens is 1. The second-order valence-electron chi connectivity index (χ2n) is 3.49. The first-order valence-electron chi connectivity index (χ1n) is 4.84. The van der Waals surface area contributed by atoms with Crippen molar-refractivity contribution in [1.29, 1.82) is 0 Å². The van der Waals surface area contributed by atoms with Crippen molar-refractivity contribution in [2.75, 3.05) is 7.11 Å². The van der Waals surface area contributed by atoms with Crippen molar-refractivity contribution in [1.82, 2.24) is 4.57 Å². The Morgan fingerprint density at radius 2 is 2.20 bits per heavy atom. The summed E-state index contributed by atoms with van der Waals surface area (Å²) in [4.78, 5) is 10.6. The highest BCUT2D eigenvalue weighted by molar-refractivity contribution is 5.83. The Morgan fingerprint density at radius 1 is 1.40 bits per heavy atom. The maximum atomic E-state index is 10.6. The van der Waals surface area contributed by atoms with E-state index >= 15 is 0 Å². The number of carbonyl (C=O) groups is 1. The number of aldehydes is 1. The Morgan fingerprint density at radius 3 is 2.87 bits per heavy atom. The molecule has 1 aromatic carbocycles. The van der Waals surface area contributed by atoms with Crippen LogP contribution in [0.25, 0.3) is 10.9 Å². The molecule has 0 aliphatic rings. The molecule has 2 aromatic rings. The highest BCUT2D eigenvalue weighted by atomic mass is 16.5. The molecule has 0 fully saturated rings. The van der Waals surface area contributed by atoms with Gasteiger partial charge < -0.3 is 14.1 Å². The molecule has 0 aliphatic heterocycles. The van der Waals surface area contributed by atoms with Crippen LogP contribution < -0.4 is 4.74 Å². The molecule has 1 aromatic heterocycles. The Kier molecular flexibility index (Phi) is 2.46. The fourth-order valence-electron chi connectivity index (χ4n) is 1.82. The summed E-state index contributed by atoms with van der Waals surface area (Å²) in [6.07, 6.45) is 0.909. The zero-order chi connectivity index (χ0) is 10.8. The summed E-state index contributed by atoms with van der Waals surface area (Å²) < 4.78 is 7.14. The molecular weight excluding hydrogens is 190 g/mol. The molecule has 0 saturated carbocycles. The summed E-state index contributed by atoms with van der Waals surface area (Å²) in [5.74, 6) is 0.813. The van der Waals surface area contributed by atoms with Crippen LogP contribution in [0.15, 0.2) is 24.3 Å². The van der Waals surface area contributed by atoms with Crippen LogP contribution in [0, 0.1) is 6.92 Å². The van der Waals surface area contributed by atoms with E-state index in [1.807, 2.05) is 29.7 Å². The molecule has 3 heteroatoms. The lowest BCUT2D eigenvalue weighted by Crippen LogP contribution is -2.00. The van der Waals surface area contributed by atoms with Crippen molar-refractivity contribution in [3.05, 3.63) is 30.0 Å². The van der Waals surface area contributed by atoms with E-state index in [0.29, 0.717) is 6.54 Å². The Bertz CT molecular complexity index is 500. The lowest BCUT2D eigenvalue weighted by atomic mass is 10.2. The lowest BCUT2D eigenvalue weighted by molar-refractivity contribution is -0.108. The number of methoxy groups -OCH3 is 1. The molecule has 0 atom stereocenters. The molecule has 0 N–H and O–H groups in total. The molecule has 3 nitrogen and oxygen atoms in total. The van der Waals surface area contributed by atoms with Gasteiger partial charge in [-0.3, -0.25) is 0 Å². The van der Waals surface area contributed by atoms with E-state index in [4.69, 9.17) is 4.74 Å². The largest absolute Gasteiger partial charge is 0.497 e. The van der Waals surface area contributed by atoms with Crippen LogP contribution in [0.5, 0.6) is 5.75 Å². The molecule has 0 saturated heterocycles. The first-order chi connectivity index (χ1) is 7.26. The molecule has 0 amide bonds. The topological polar surface area (TPSA) is 31.2 Å². The van der Waals surface area contributed by atoms with Crippen molar-refractivity contribution < 1.29 is 9.53 Å². The Hall–Kier alpha value is -1.77. The molecule has 0 spiro atoms. The van der Waals surface area contributed by atoms with Crippen molar-refractivity contribution in [2.45, 2.75) is 13.5 Å². The van der Waals surface area contributed by atoms with Gasteiger partial charge >= 0.3 is 0 Å². The van der Waals surface area contributed by atoms with Crippen LogP contribution in [0.3, 0.4) is 0 Å². The Balaban J connectivity index is 2.65. The van der Waals surface area contributed by atoms with Crippen molar-refractivity contribution in [2.24, 2.45) is 0 Å². The highest BCUT2D eigenvalue weighted by Gasteiger charge is 2.05. The van der Waals surface area contributed by atoms with Gasteiger partial charge in [0.1, 0.15) is 12.0 Å². The molecule has 0 bridgehead atoms. The van der Waals surface area contributed by atoms with Gasteiger partial charge in [-0.2, -0.15) is 0 Å². The quantitative estimate of drug-likeness (QED) is 0.716. The van der Waals surface area contributed by atoms with Crippen molar-refractivity contribution in [3.8, 4) is 5.75 Å². The van der Waals surface area contributed by atoms with Crippen LogP contribution in [0.1, 0.15) is 5.69 Å². The molecule has 0 radical (unpaired) electrons. The van der Waals surface area contributed by atoms with Gasteiger partial charge in [0.2, 0.25) is 0 Å². The van der Waals surface area contributed by atoms with E-state index < -0.39 is 0 Å². The second-order valence-corrected chi connectivity index (χ2v) is 3.49. The lowest BCUT2D eigenvalue weighted by Gasteiger charge is -2.04. The molecular formula is C12H13NO2. The summed E-state index contributed by atoms with van der Waals surface area (Å²) in [5, 5.41) is 1.13. The van der Waals surface area contributed by atoms with Crippen LogP contribution >= 0.6 is 0 Å². The molecule has 78 valence electrons. The highest BCUT2D eigenvalue weighted by Crippen LogP contribution is 2.23. The summed E-state index contributed by atoms with van der Waals surface area (Å²) >= 11 is 0. The van der Waals surface area contributed by atoms with Gasteiger partial charge in [-0.1, -0.05) is 0 Å². The number of fused-ring (bicyclic) bond motifs is 1. The van der Waals surface area contributed by atoms with Crippen molar-refractivity contribution >= 4 is 17.2 Å². The summed E-state index contributed by atoms with van der Waals surface area (Å²) in [7, 11) is 1.64. The zero-order valence-electron chi connectivity index (χ0n) is 8.86. The van der Waals surface area contributed by atoms with Gasteiger partial charge in [-0.25, -0.2) is 0 Å². The number of nitrogens with zero attached hydrogens (tertiary/aromatic N) is 1. The standard InChI is InChI=1S/C12H13NO2/c1-9-7-10-3-4-11(15-2)8-12(10)13(9)5-6-14/h3-4,6-8H,5H2,1-2H3. The number of carbonyl (C=O) groups excluding carboxylic acids is 1. The first kappa shape index (κ1) is 9.77. The fourth-order valence-corrected chi connectivity index (χ4v) is 1.82. The minimum absolute atomic E-state index is 0.391. The minimum atomic E-state index is 0.391. The predicted octanol–water partition coefficient (Wildman–Crippen LogP) is 2.16. The van der Waals surface area contributed by atoms with Gasteiger partial charge in [0.25, 0.3) is 0 Å². The molecule has 1 heterocycles. The number of rotatable bonds is 3. The maximum Gasteiger partial charge on any atom is 0.139 e. The third kappa shape index (κ3) is 1.61. The minimum Gasteiger partial charge on any atom is -0.497 e. The van der Waals surface area contributed by atoms with Gasteiger partial charge in [0, 0.05) is 17.1 Å². The van der Waals surface area contributed by atoms with Gasteiger partial charge in [0.05, 0.1) is 19.2 Å². The van der Waals surface area contributed by atoms with E-state index in [2.05, 4.69) is 6.07 Å². The number of ether oxygens (including phenoxy) is 1. The van der Waals surface area contributed by atoms with Gasteiger partial charge in [-0.15, -0.1) is 0 Å². The Labute approximate surface area is 88.3 Å². The smallest absolute Gasteiger partial charge is 0.139 e. The van der Waals surface area contributed by atoms with Crippen molar-refractivity contribution in [3.63, 3.8) is 0 Å². The SMILES string of the molecule is COc1ccc2cc(C)n(CC=O)c2c1. The summed E-state index contributed by atoms with van der Waals surface area (Å²) in [6, 6.07) is 7.94. The number of aryl methyl sites for hydroxylation is 1. The molecule has 0 unspecified atom stereocenters. The third-order valence-corrected chi connectivity index (χ3v) is 2.58. The second kappa shape index (κ2) is 3.77. The van der Waals surface area contributed by atoms with Crippen LogP contribution in [-0.2, 0) is 11.3 Å². The average molecular weight is 203 g/mol. The molecule has 15 heavy (non-hydrogen) atoms. The number of benzene rings is 1. The van der Waals surface area contributed by atoms with E-state index in [-0.39, 0.29) is 0 Å². The van der Waals surface area contributed by atoms with E-state index in [1.165, 1.54) is 0 Å². The average Bonchev–Trinajstić information content (AvgIpc) is 2.55.